The predicted molar refractivity (Wildman–Crippen MR) is 62.4 cm³/mol. The molecule has 86 valence electrons. The molecule has 6 heteroatoms. The Morgan fingerprint density at radius 3 is 2.59 bits per heavy atom. The highest BCUT2D eigenvalue weighted by Crippen LogP contribution is 2.09. The summed E-state index contributed by atoms with van der Waals surface area (Å²) in [6.07, 6.45) is 1.08. The van der Waals surface area contributed by atoms with E-state index in [1.165, 1.54) is 0 Å². The molecular formula is C11H9N3O3. The average molecular weight is 231 g/mol. The number of hydrogen-bond donors (Lipinski definition) is 2. The van der Waals surface area contributed by atoms with Crippen LogP contribution in [0.1, 0.15) is 0 Å². The third-order valence-electron chi connectivity index (χ3n) is 2.18. The van der Waals surface area contributed by atoms with Crippen molar-refractivity contribution in [3.63, 3.8) is 0 Å². The van der Waals surface area contributed by atoms with Gasteiger partial charge in [-0.05, 0) is 12.1 Å². The maximum Gasteiger partial charge on any atom is 0.353 e. The minimum atomic E-state index is -1.24. The van der Waals surface area contributed by atoms with E-state index in [0.717, 1.165) is 6.34 Å². The normalized spacial score (nSPS) is 17.6. The number of aliphatic carboxylic acids is 1. The number of para-hydroxylation sites is 1. The molecule has 2 N–H and O–H groups in total. The van der Waals surface area contributed by atoms with Crippen LogP contribution >= 0.6 is 0 Å². The van der Waals surface area contributed by atoms with Crippen molar-refractivity contribution >= 4 is 29.6 Å². The highest BCUT2D eigenvalue weighted by Gasteiger charge is 2.31. The Morgan fingerprint density at radius 1 is 1.24 bits per heavy atom. The maximum atomic E-state index is 11.8. The van der Waals surface area contributed by atoms with E-state index in [4.69, 9.17) is 5.11 Å². The van der Waals surface area contributed by atoms with Gasteiger partial charge in [-0.1, -0.05) is 18.2 Å². The summed E-state index contributed by atoms with van der Waals surface area (Å²) in [7, 11) is 0. The number of aliphatic imine (C=N–C) groups is 2. The van der Waals surface area contributed by atoms with Crippen LogP contribution in [0, 0.1) is 0 Å². The van der Waals surface area contributed by atoms with Gasteiger partial charge in [-0.2, -0.15) is 0 Å². The number of nitrogens with one attached hydrogen (secondary N) is 1. The molecule has 17 heavy (non-hydrogen) atoms. The molecule has 1 amide bonds. The van der Waals surface area contributed by atoms with Crippen LogP contribution in [0.25, 0.3) is 0 Å². The zero-order chi connectivity index (χ0) is 12.3. The number of nitrogens with zero attached hydrogens (tertiary/aromatic N) is 2. The highest BCUT2D eigenvalue weighted by atomic mass is 16.4. The largest absolute Gasteiger partial charge is 0.477 e. The first-order valence-corrected chi connectivity index (χ1v) is 4.87. The minimum Gasteiger partial charge on any atom is -0.477 e. The van der Waals surface area contributed by atoms with Crippen molar-refractivity contribution in [2.45, 2.75) is 6.04 Å². The number of rotatable bonds is 3. The van der Waals surface area contributed by atoms with Crippen molar-refractivity contribution in [3.8, 4) is 0 Å². The van der Waals surface area contributed by atoms with Crippen molar-refractivity contribution in [1.29, 1.82) is 0 Å². The fourth-order valence-electron chi connectivity index (χ4n) is 1.40. The van der Waals surface area contributed by atoms with Gasteiger partial charge in [0.15, 0.2) is 11.8 Å². The second-order valence-corrected chi connectivity index (χ2v) is 3.34. The van der Waals surface area contributed by atoms with Gasteiger partial charge < -0.3 is 10.4 Å². The summed E-state index contributed by atoms with van der Waals surface area (Å²) in [4.78, 5) is 29.8. The summed E-state index contributed by atoms with van der Waals surface area (Å²) < 4.78 is 0. The molecule has 0 aromatic heterocycles. The van der Waals surface area contributed by atoms with Crippen molar-refractivity contribution in [1.82, 2.24) is 0 Å². The molecule has 1 heterocycles. The zero-order valence-electron chi connectivity index (χ0n) is 8.70. The van der Waals surface area contributed by atoms with Gasteiger partial charge in [-0.15, -0.1) is 0 Å². The molecule has 0 bridgehead atoms. The Hall–Kier alpha value is -2.50. The molecular weight excluding hydrogens is 222 g/mol. The molecule has 0 aliphatic carbocycles. The number of anilines is 1. The molecule has 1 aromatic rings. The zero-order valence-corrected chi connectivity index (χ0v) is 8.70. The van der Waals surface area contributed by atoms with E-state index < -0.39 is 17.9 Å². The summed E-state index contributed by atoms with van der Waals surface area (Å²) in [6.45, 7) is 0. The Bertz CT molecular complexity index is 508. The summed E-state index contributed by atoms with van der Waals surface area (Å²) in [5.74, 6) is -1.75. The van der Waals surface area contributed by atoms with Gasteiger partial charge in [0, 0.05) is 5.69 Å². The molecule has 0 saturated heterocycles. The van der Waals surface area contributed by atoms with Crippen LogP contribution < -0.4 is 5.32 Å². The first-order valence-electron chi connectivity index (χ1n) is 4.87. The van der Waals surface area contributed by atoms with Crippen LogP contribution in [0.15, 0.2) is 40.3 Å². The predicted octanol–water partition coefficient (Wildman–Crippen LogP) is 0.561. The highest BCUT2D eigenvalue weighted by molar-refractivity contribution is 6.45. The molecule has 1 atom stereocenters. The molecule has 0 saturated carbocycles. The van der Waals surface area contributed by atoms with Crippen LogP contribution in [0.5, 0.6) is 0 Å². The number of amides is 1. The minimum absolute atomic E-state index is 0.265. The van der Waals surface area contributed by atoms with Gasteiger partial charge in [0.2, 0.25) is 0 Å². The van der Waals surface area contributed by atoms with Crippen LogP contribution in [0.3, 0.4) is 0 Å². The Labute approximate surface area is 96.7 Å². The van der Waals surface area contributed by atoms with Crippen molar-refractivity contribution in [3.05, 3.63) is 30.3 Å². The van der Waals surface area contributed by atoms with E-state index in [9.17, 15) is 9.59 Å². The van der Waals surface area contributed by atoms with Crippen LogP contribution in [0.4, 0.5) is 5.69 Å². The number of hydrogen-bond acceptors (Lipinski definition) is 4. The van der Waals surface area contributed by atoms with Crippen LogP contribution in [0.2, 0.25) is 0 Å². The topological polar surface area (TPSA) is 91.1 Å². The third kappa shape index (κ3) is 2.36. The number of carbonyl (C=O) groups excluding carboxylic acids is 1. The van der Waals surface area contributed by atoms with Crippen molar-refractivity contribution < 1.29 is 14.7 Å². The van der Waals surface area contributed by atoms with E-state index >= 15 is 0 Å². The SMILES string of the molecule is O=C(O)C1=NC=N[C@H]1C(=O)Nc1ccccc1. The van der Waals surface area contributed by atoms with Gasteiger partial charge in [-0.3, -0.25) is 9.79 Å². The lowest BCUT2D eigenvalue weighted by Crippen LogP contribution is -2.35. The summed E-state index contributed by atoms with van der Waals surface area (Å²) in [5, 5.41) is 11.4. The Morgan fingerprint density at radius 2 is 1.94 bits per heavy atom. The van der Waals surface area contributed by atoms with Crippen LogP contribution in [-0.2, 0) is 9.59 Å². The number of benzene rings is 1. The monoisotopic (exact) mass is 231 g/mol. The molecule has 0 fully saturated rings. The summed E-state index contributed by atoms with van der Waals surface area (Å²) >= 11 is 0. The Kier molecular flexibility index (Phi) is 2.95. The van der Waals surface area contributed by atoms with Crippen LogP contribution in [-0.4, -0.2) is 35.1 Å². The van der Waals surface area contributed by atoms with Crippen molar-refractivity contribution in [2.75, 3.05) is 5.32 Å². The molecule has 6 nitrogen and oxygen atoms in total. The fourth-order valence-corrected chi connectivity index (χ4v) is 1.40. The number of carboxylic acid groups (broad SMARTS) is 1. The van der Waals surface area contributed by atoms with Gasteiger partial charge in [0.25, 0.3) is 5.91 Å². The molecule has 2 rings (SSSR count). The summed E-state index contributed by atoms with van der Waals surface area (Å²) in [5.41, 5.74) is 0.322. The molecule has 0 unspecified atom stereocenters. The fraction of sp³-hybridized carbons (Fsp3) is 0.0909. The van der Waals surface area contributed by atoms with E-state index in [2.05, 4.69) is 15.3 Å². The van der Waals surface area contributed by atoms with E-state index in [1.54, 1.807) is 24.3 Å². The lowest BCUT2D eigenvalue weighted by atomic mass is 10.1. The standard InChI is InChI=1S/C11H9N3O3/c15-10(14-7-4-2-1-3-5-7)8-9(11(16)17)13-6-12-8/h1-6,8H,(H,14,15)(H,16,17)/t8-/m1/s1. The second kappa shape index (κ2) is 4.56. The lowest BCUT2D eigenvalue weighted by Gasteiger charge is -2.08. The Balaban J connectivity index is 2.09. The molecule has 0 radical (unpaired) electrons. The van der Waals surface area contributed by atoms with Gasteiger partial charge >= 0.3 is 5.97 Å². The first kappa shape index (κ1) is 11.0. The van der Waals surface area contributed by atoms with Gasteiger partial charge in [-0.25, -0.2) is 9.79 Å². The average Bonchev–Trinajstić information content (AvgIpc) is 2.79. The number of carboxylic acids is 1. The number of carbonyl (C=O) groups is 2. The molecule has 0 spiro atoms. The molecule has 1 aliphatic heterocycles. The third-order valence-corrected chi connectivity index (χ3v) is 2.18. The van der Waals surface area contributed by atoms with E-state index in [0.29, 0.717) is 5.69 Å². The van der Waals surface area contributed by atoms with E-state index in [1.807, 2.05) is 6.07 Å². The smallest absolute Gasteiger partial charge is 0.353 e. The molecule has 1 aromatic carbocycles. The first-order chi connectivity index (χ1) is 8.18. The quantitative estimate of drug-likeness (QED) is 0.796. The lowest BCUT2D eigenvalue weighted by molar-refractivity contribution is -0.130. The second-order valence-electron chi connectivity index (χ2n) is 3.34. The van der Waals surface area contributed by atoms with E-state index in [-0.39, 0.29) is 5.71 Å². The van der Waals surface area contributed by atoms with Crippen molar-refractivity contribution in [2.24, 2.45) is 9.98 Å². The summed E-state index contributed by atoms with van der Waals surface area (Å²) in [6, 6.07) is 7.67. The van der Waals surface area contributed by atoms with Gasteiger partial charge in [0.05, 0.1) is 0 Å². The van der Waals surface area contributed by atoms with Gasteiger partial charge in [0.1, 0.15) is 6.34 Å². The molecule has 1 aliphatic rings. The maximum absolute atomic E-state index is 11.8.